The van der Waals surface area contributed by atoms with Crippen molar-refractivity contribution in [2.24, 2.45) is 0 Å². The number of oxazole rings is 1. The summed E-state index contributed by atoms with van der Waals surface area (Å²) in [4.78, 5) is 18.1. The van der Waals surface area contributed by atoms with Crippen molar-refractivity contribution in [1.82, 2.24) is 9.88 Å². The Balaban J connectivity index is 2.09. The van der Waals surface area contributed by atoms with Gasteiger partial charge < -0.3 is 18.8 Å². The average Bonchev–Trinajstić information content (AvgIpc) is 3.09. The van der Waals surface area contributed by atoms with E-state index in [4.69, 9.17) is 13.9 Å². The quantitative estimate of drug-likeness (QED) is 0.743. The zero-order valence-corrected chi connectivity index (χ0v) is 14.7. The maximum atomic E-state index is 12.0. The maximum absolute atomic E-state index is 12.0. The van der Waals surface area contributed by atoms with Crippen LogP contribution in [0.4, 0.5) is 0 Å². The first kappa shape index (κ1) is 17.8. The number of benzene rings is 1. The number of hydrogen-bond donors (Lipinski definition) is 0. The highest BCUT2D eigenvalue weighted by Gasteiger charge is 2.15. The number of aromatic nitrogens is 1. The lowest BCUT2D eigenvalue weighted by atomic mass is 10.1. The van der Waals surface area contributed by atoms with Gasteiger partial charge in [0, 0.05) is 32.0 Å². The first-order valence-corrected chi connectivity index (χ1v) is 8.07. The molecule has 24 heavy (non-hydrogen) atoms. The van der Waals surface area contributed by atoms with Gasteiger partial charge in [-0.1, -0.05) is 0 Å². The fraction of sp³-hybridized carbons (Fsp3) is 0.444. The van der Waals surface area contributed by atoms with Gasteiger partial charge in [-0.2, -0.15) is 0 Å². The lowest BCUT2D eigenvalue weighted by molar-refractivity contribution is -0.130. The summed E-state index contributed by atoms with van der Waals surface area (Å²) >= 11 is 0. The molecule has 0 spiro atoms. The van der Waals surface area contributed by atoms with Crippen molar-refractivity contribution in [2.45, 2.75) is 26.7 Å². The predicted molar refractivity (Wildman–Crippen MR) is 91.3 cm³/mol. The van der Waals surface area contributed by atoms with Crippen LogP contribution in [0, 0.1) is 0 Å². The number of nitrogens with zero attached hydrogens (tertiary/aromatic N) is 2. The molecule has 0 fully saturated rings. The van der Waals surface area contributed by atoms with E-state index in [1.165, 1.54) is 0 Å². The molecule has 1 aromatic heterocycles. The van der Waals surface area contributed by atoms with Crippen LogP contribution in [0.25, 0.3) is 11.3 Å². The Morgan fingerprint density at radius 3 is 2.58 bits per heavy atom. The second kappa shape index (κ2) is 8.38. The van der Waals surface area contributed by atoms with E-state index in [9.17, 15) is 4.79 Å². The molecule has 0 saturated heterocycles. The third-order valence-electron chi connectivity index (χ3n) is 3.90. The Morgan fingerprint density at radius 1 is 1.21 bits per heavy atom. The molecule has 0 aliphatic rings. The Morgan fingerprint density at radius 2 is 1.96 bits per heavy atom. The number of amides is 1. The summed E-state index contributed by atoms with van der Waals surface area (Å²) < 4.78 is 16.4. The highest BCUT2D eigenvalue weighted by molar-refractivity contribution is 5.76. The molecule has 2 rings (SSSR count). The predicted octanol–water partition coefficient (Wildman–Crippen LogP) is 3.16. The van der Waals surface area contributed by atoms with Gasteiger partial charge in [-0.3, -0.25) is 4.79 Å². The van der Waals surface area contributed by atoms with Crippen LogP contribution in [0.3, 0.4) is 0 Å². The van der Waals surface area contributed by atoms with E-state index in [-0.39, 0.29) is 5.91 Å². The van der Waals surface area contributed by atoms with E-state index < -0.39 is 0 Å². The lowest BCUT2D eigenvalue weighted by Gasteiger charge is -2.17. The highest BCUT2D eigenvalue weighted by atomic mass is 16.5. The van der Waals surface area contributed by atoms with E-state index >= 15 is 0 Å². The zero-order chi connectivity index (χ0) is 17.5. The first-order chi connectivity index (χ1) is 11.6. The lowest BCUT2D eigenvalue weighted by Crippen LogP contribution is -2.30. The van der Waals surface area contributed by atoms with Gasteiger partial charge in [0.2, 0.25) is 5.91 Å². The number of methoxy groups -OCH3 is 2. The third kappa shape index (κ3) is 4.07. The van der Waals surface area contributed by atoms with Crippen molar-refractivity contribution in [1.29, 1.82) is 0 Å². The zero-order valence-electron chi connectivity index (χ0n) is 14.7. The van der Waals surface area contributed by atoms with E-state index in [2.05, 4.69) is 4.98 Å². The van der Waals surface area contributed by atoms with Crippen LogP contribution in [0.5, 0.6) is 11.5 Å². The van der Waals surface area contributed by atoms with Crippen LogP contribution in [-0.2, 0) is 11.2 Å². The van der Waals surface area contributed by atoms with Gasteiger partial charge in [-0.05, 0) is 26.0 Å². The molecule has 1 aromatic carbocycles. The van der Waals surface area contributed by atoms with Gasteiger partial charge in [-0.15, -0.1) is 0 Å². The minimum atomic E-state index is 0.113. The van der Waals surface area contributed by atoms with Crippen molar-refractivity contribution in [3.63, 3.8) is 0 Å². The summed E-state index contributed by atoms with van der Waals surface area (Å²) in [5.74, 6) is 2.63. The summed E-state index contributed by atoms with van der Waals surface area (Å²) in [7, 11) is 3.20. The fourth-order valence-corrected chi connectivity index (χ4v) is 2.50. The molecule has 0 radical (unpaired) electrons. The molecule has 6 nitrogen and oxygen atoms in total. The Hall–Kier alpha value is -2.50. The number of rotatable bonds is 8. The third-order valence-corrected chi connectivity index (χ3v) is 3.90. The molecule has 130 valence electrons. The van der Waals surface area contributed by atoms with E-state index in [0.717, 1.165) is 18.7 Å². The maximum Gasteiger partial charge on any atom is 0.223 e. The number of ether oxygens (including phenoxy) is 2. The second-order valence-corrected chi connectivity index (χ2v) is 5.25. The molecule has 0 saturated carbocycles. The standard InChI is InChI=1S/C18H24N2O4/c1-5-20(6-2)18(21)10-9-17-19-12-16(24-17)14-8-7-13(22-3)11-15(14)23-4/h7-8,11-12H,5-6,9-10H2,1-4H3. The highest BCUT2D eigenvalue weighted by Crippen LogP contribution is 2.33. The molecular weight excluding hydrogens is 308 g/mol. The number of hydrogen-bond acceptors (Lipinski definition) is 5. The monoisotopic (exact) mass is 332 g/mol. The topological polar surface area (TPSA) is 64.8 Å². The normalized spacial score (nSPS) is 10.5. The second-order valence-electron chi connectivity index (χ2n) is 5.25. The summed E-state index contributed by atoms with van der Waals surface area (Å²) in [5, 5.41) is 0. The van der Waals surface area contributed by atoms with Gasteiger partial charge >= 0.3 is 0 Å². The molecular formula is C18H24N2O4. The SMILES string of the molecule is CCN(CC)C(=O)CCc1ncc(-c2ccc(OC)cc2OC)o1. The van der Waals surface area contributed by atoms with Crippen molar-refractivity contribution in [3.05, 3.63) is 30.3 Å². The summed E-state index contributed by atoms with van der Waals surface area (Å²) in [6, 6.07) is 5.49. The Kier molecular flexibility index (Phi) is 6.23. The molecule has 2 aromatic rings. The van der Waals surface area contributed by atoms with Crippen molar-refractivity contribution < 1.29 is 18.7 Å². The Bertz CT molecular complexity index is 677. The van der Waals surface area contributed by atoms with Crippen LogP contribution >= 0.6 is 0 Å². The van der Waals surface area contributed by atoms with Gasteiger partial charge in [0.15, 0.2) is 11.7 Å². The van der Waals surface area contributed by atoms with Crippen LogP contribution < -0.4 is 9.47 Å². The van der Waals surface area contributed by atoms with Gasteiger partial charge in [0.05, 0.1) is 26.0 Å². The van der Waals surface area contributed by atoms with Gasteiger partial charge in [0.25, 0.3) is 0 Å². The molecule has 0 atom stereocenters. The van der Waals surface area contributed by atoms with Gasteiger partial charge in [0.1, 0.15) is 11.5 Å². The Labute approximate surface area is 142 Å². The number of carbonyl (C=O) groups excluding carboxylic acids is 1. The van der Waals surface area contributed by atoms with Crippen molar-refractivity contribution >= 4 is 5.91 Å². The van der Waals surface area contributed by atoms with E-state index in [1.807, 2.05) is 26.0 Å². The average molecular weight is 332 g/mol. The number of carbonyl (C=O) groups is 1. The molecule has 1 amide bonds. The smallest absolute Gasteiger partial charge is 0.223 e. The van der Waals surface area contributed by atoms with E-state index in [1.54, 1.807) is 31.4 Å². The molecule has 1 heterocycles. The fourth-order valence-electron chi connectivity index (χ4n) is 2.50. The molecule has 0 N–H and O–H groups in total. The summed E-state index contributed by atoms with van der Waals surface area (Å²) in [6.45, 7) is 5.38. The largest absolute Gasteiger partial charge is 0.497 e. The van der Waals surface area contributed by atoms with Crippen molar-refractivity contribution in [3.8, 4) is 22.8 Å². The molecule has 0 aliphatic carbocycles. The summed E-state index contributed by atoms with van der Waals surface area (Å²) in [5.41, 5.74) is 0.798. The van der Waals surface area contributed by atoms with Crippen LogP contribution in [0.15, 0.2) is 28.8 Å². The molecule has 6 heteroatoms. The van der Waals surface area contributed by atoms with Crippen molar-refractivity contribution in [2.75, 3.05) is 27.3 Å². The molecule has 0 aliphatic heterocycles. The van der Waals surface area contributed by atoms with Crippen LogP contribution in [0.1, 0.15) is 26.2 Å². The van der Waals surface area contributed by atoms with Crippen LogP contribution in [-0.4, -0.2) is 43.1 Å². The summed E-state index contributed by atoms with van der Waals surface area (Å²) in [6.07, 6.45) is 2.52. The first-order valence-electron chi connectivity index (χ1n) is 8.07. The minimum Gasteiger partial charge on any atom is -0.497 e. The van der Waals surface area contributed by atoms with E-state index in [0.29, 0.717) is 36.0 Å². The minimum absolute atomic E-state index is 0.113. The number of aryl methyl sites for hydroxylation is 1. The van der Waals surface area contributed by atoms with Crippen LogP contribution in [0.2, 0.25) is 0 Å². The van der Waals surface area contributed by atoms with Gasteiger partial charge in [-0.25, -0.2) is 4.98 Å². The molecule has 0 bridgehead atoms. The molecule has 0 unspecified atom stereocenters.